The molecule has 0 aliphatic carbocycles. The molecule has 2 heteroatoms. The maximum Gasteiger partial charge on any atom is 0.0715 e. The summed E-state index contributed by atoms with van der Waals surface area (Å²) in [6.07, 6.45) is 3.77. The van der Waals surface area contributed by atoms with Crippen molar-refractivity contribution in [1.29, 1.82) is 0 Å². The Bertz CT molecular complexity index is 1790. The topological polar surface area (TPSA) is 25.8 Å². The Labute approximate surface area is 259 Å². The molecular weight excluding hydrogens is 532 g/mol. The van der Waals surface area contributed by atoms with Gasteiger partial charge in [0.15, 0.2) is 0 Å². The van der Waals surface area contributed by atoms with Gasteiger partial charge in [0.2, 0.25) is 0 Å². The number of nitrogens with zero attached hydrogens (tertiary/aromatic N) is 2. The van der Waals surface area contributed by atoms with Gasteiger partial charge in [-0.2, -0.15) is 0 Å². The van der Waals surface area contributed by atoms with Crippen LogP contribution in [0, 0.1) is 13.8 Å². The van der Waals surface area contributed by atoms with Crippen LogP contribution in [-0.2, 0) is 0 Å². The van der Waals surface area contributed by atoms with Gasteiger partial charge >= 0.3 is 0 Å². The number of pyridine rings is 2. The van der Waals surface area contributed by atoms with Gasteiger partial charge in [0.25, 0.3) is 0 Å². The Kier molecular flexibility index (Phi) is 7.40. The summed E-state index contributed by atoms with van der Waals surface area (Å²) >= 11 is 0. The Morgan fingerprint density at radius 3 is 1.05 bits per heavy atom. The highest BCUT2D eigenvalue weighted by Crippen LogP contribution is 2.55. The third-order valence-electron chi connectivity index (χ3n) is 8.08. The van der Waals surface area contributed by atoms with Crippen molar-refractivity contribution in [2.24, 2.45) is 0 Å². The van der Waals surface area contributed by atoms with Crippen LogP contribution in [-0.4, -0.2) is 9.97 Å². The average Bonchev–Trinajstić information content (AvgIpc) is 3.08. The predicted octanol–water partition coefficient (Wildman–Crippen LogP) is 11.1. The van der Waals surface area contributed by atoms with Gasteiger partial charge in [-0.15, -0.1) is 0 Å². The van der Waals surface area contributed by atoms with Crippen LogP contribution in [0.25, 0.3) is 67.0 Å². The predicted molar refractivity (Wildman–Crippen MR) is 184 cm³/mol. The molecule has 0 aliphatic heterocycles. The Morgan fingerprint density at radius 2 is 0.682 bits per heavy atom. The molecule has 0 amide bonds. The first-order valence-electron chi connectivity index (χ1n) is 15.0. The summed E-state index contributed by atoms with van der Waals surface area (Å²) in [6.45, 7) is 4.32. The van der Waals surface area contributed by atoms with E-state index in [1.165, 1.54) is 22.3 Å². The molecule has 44 heavy (non-hydrogen) atoms. The van der Waals surface area contributed by atoms with Crippen LogP contribution in [0.1, 0.15) is 11.1 Å². The van der Waals surface area contributed by atoms with Gasteiger partial charge in [0.1, 0.15) is 0 Å². The lowest BCUT2D eigenvalue weighted by molar-refractivity contribution is 1.30. The summed E-state index contributed by atoms with van der Waals surface area (Å²) < 4.78 is 0. The van der Waals surface area contributed by atoms with Crippen molar-refractivity contribution in [2.75, 3.05) is 0 Å². The minimum atomic E-state index is 0.912. The molecule has 0 radical (unpaired) electrons. The van der Waals surface area contributed by atoms with Crippen LogP contribution in [0.3, 0.4) is 0 Å². The summed E-state index contributed by atoms with van der Waals surface area (Å²) in [6, 6.07) is 51.6. The zero-order valence-corrected chi connectivity index (χ0v) is 24.9. The summed E-state index contributed by atoms with van der Waals surface area (Å²) in [5.74, 6) is 0. The maximum absolute atomic E-state index is 5.01. The minimum absolute atomic E-state index is 0.912. The SMILES string of the molecule is Cc1cccc(-c2c(-c3ccccc3)c(-c3ccccc3)c(-c3cccc(C)c3)c(-c3ccccn3)c2-c2ccccn2)c1. The van der Waals surface area contributed by atoms with Crippen LogP contribution in [0.15, 0.2) is 158 Å². The zero-order chi connectivity index (χ0) is 29.9. The molecule has 0 atom stereocenters. The van der Waals surface area contributed by atoms with Crippen molar-refractivity contribution in [1.82, 2.24) is 9.97 Å². The van der Waals surface area contributed by atoms with E-state index in [0.29, 0.717) is 0 Å². The van der Waals surface area contributed by atoms with Gasteiger partial charge < -0.3 is 0 Å². The molecule has 0 N–H and O–H groups in total. The Hall–Kier alpha value is -5.60. The smallest absolute Gasteiger partial charge is 0.0715 e. The van der Waals surface area contributed by atoms with Gasteiger partial charge in [-0.25, -0.2) is 0 Å². The fourth-order valence-corrected chi connectivity index (χ4v) is 6.25. The van der Waals surface area contributed by atoms with Gasteiger partial charge in [0.05, 0.1) is 11.4 Å². The lowest BCUT2D eigenvalue weighted by Gasteiger charge is -2.28. The second-order valence-electron chi connectivity index (χ2n) is 11.2. The lowest BCUT2D eigenvalue weighted by Crippen LogP contribution is -2.03. The van der Waals surface area contributed by atoms with Gasteiger partial charge in [-0.05, 0) is 71.5 Å². The average molecular weight is 565 g/mol. The second kappa shape index (κ2) is 11.9. The van der Waals surface area contributed by atoms with Crippen LogP contribution in [0.2, 0.25) is 0 Å². The van der Waals surface area contributed by atoms with E-state index < -0.39 is 0 Å². The Balaban J connectivity index is 1.83. The largest absolute Gasteiger partial charge is 0.256 e. The van der Waals surface area contributed by atoms with Crippen molar-refractivity contribution in [2.45, 2.75) is 13.8 Å². The fourth-order valence-electron chi connectivity index (χ4n) is 6.25. The first-order chi connectivity index (χ1) is 21.7. The van der Waals surface area contributed by atoms with E-state index in [4.69, 9.17) is 9.97 Å². The molecule has 0 unspecified atom stereocenters. The van der Waals surface area contributed by atoms with Crippen LogP contribution in [0.4, 0.5) is 0 Å². The molecule has 0 aliphatic rings. The minimum Gasteiger partial charge on any atom is -0.256 e. The Morgan fingerprint density at radius 1 is 0.318 bits per heavy atom. The lowest BCUT2D eigenvalue weighted by atomic mass is 9.75. The van der Waals surface area contributed by atoms with Gasteiger partial charge in [-0.1, -0.05) is 132 Å². The van der Waals surface area contributed by atoms with Crippen molar-refractivity contribution < 1.29 is 0 Å². The standard InChI is InChI=1S/C42H32N2/c1-29-15-13-21-33(27-29)39-37(31-17-5-3-6-18-31)38(32-19-7-4-8-20-32)40(34-22-14-16-30(2)28-34)42(36-24-10-12-26-44-36)41(39)35-23-9-11-25-43-35/h3-28H,1-2H3. The number of aryl methyl sites for hydroxylation is 2. The van der Waals surface area contributed by atoms with Crippen molar-refractivity contribution in [3.8, 4) is 67.0 Å². The molecule has 0 fully saturated rings. The van der Waals surface area contributed by atoms with Crippen molar-refractivity contribution in [3.63, 3.8) is 0 Å². The van der Waals surface area contributed by atoms with Gasteiger partial charge in [-0.3, -0.25) is 9.97 Å². The third-order valence-corrected chi connectivity index (χ3v) is 8.08. The van der Waals surface area contributed by atoms with E-state index in [1.807, 2.05) is 24.5 Å². The highest BCUT2D eigenvalue weighted by atomic mass is 14.7. The third kappa shape index (κ3) is 5.12. The molecule has 2 nitrogen and oxygen atoms in total. The van der Waals surface area contributed by atoms with Crippen LogP contribution >= 0.6 is 0 Å². The summed E-state index contributed by atoms with van der Waals surface area (Å²) in [4.78, 5) is 10.0. The highest BCUT2D eigenvalue weighted by molar-refractivity contribution is 6.14. The monoisotopic (exact) mass is 564 g/mol. The normalized spacial score (nSPS) is 11.0. The summed E-state index contributed by atoms with van der Waals surface area (Å²) in [5.41, 5.74) is 15.6. The molecule has 2 heterocycles. The van der Waals surface area contributed by atoms with E-state index in [0.717, 1.165) is 55.9 Å². The van der Waals surface area contributed by atoms with Crippen LogP contribution in [0.5, 0.6) is 0 Å². The molecule has 0 saturated heterocycles. The maximum atomic E-state index is 5.01. The fraction of sp³-hybridized carbons (Fsp3) is 0.0476. The quantitative estimate of drug-likeness (QED) is 0.201. The van der Waals surface area contributed by atoms with Crippen molar-refractivity contribution in [3.05, 3.63) is 169 Å². The van der Waals surface area contributed by atoms with E-state index >= 15 is 0 Å². The van der Waals surface area contributed by atoms with Gasteiger partial charge in [0, 0.05) is 34.6 Å². The van der Waals surface area contributed by atoms with Crippen LogP contribution < -0.4 is 0 Å². The number of hydrogen-bond donors (Lipinski definition) is 0. The second-order valence-corrected chi connectivity index (χ2v) is 11.2. The number of aromatic nitrogens is 2. The molecule has 2 aromatic heterocycles. The molecule has 0 saturated carbocycles. The zero-order valence-electron chi connectivity index (χ0n) is 24.9. The van der Waals surface area contributed by atoms with E-state index in [2.05, 4.69) is 147 Å². The molecule has 5 aromatic carbocycles. The molecule has 7 aromatic rings. The summed E-state index contributed by atoms with van der Waals surface area (Å²) in [5, 5.41) is 0. The molecular formula is C42H32N2. The van der Waals surface area contributed by atoms with E-state index in [-0.39, 0.29) is 0 Å². The number of rotatable bonds is 6. The summed E-state index contributed by atoms with van der Waals surface area (Å²) in [7, 11) is 0. The van der Waals surface area contributed by atoms with E-state index in [9.17, 15) is 0 Å². The first-order valence-corrected chi connectivity index (χ1v) is 15.0. The highest BCUT2D eigenvalue weighted by Gasteiger charge is 2.29. The first kappa shape index (κ1) is 27.2. The molecule has 0 bridgehead atoms. The molecule has 0 spiro atoms. The van der Waals surface area contributed by atoms with Crippen molar-refractivity contribution >= 4 is 0 Å². The molecule has 210 valence electrons. The molecule has 7 rings (SSSR count). The number of hydrogen-bond acceptors (Lipinski definition) is 2. The number of benzene rings is 5. The van der Waals surface area contributed by atoms with E-state index in [1.54, 1.807) is 0 Å².